The maximum atomic E-state index is 13.1. The smallest absolute Gasteiger partial charge is 0.233 e. The summed E-state index contributed by atoms with van der Waals surface area (Å²) in [5.41, 5.74) is 5.90. The molecule has 0 saturated heterocycles. The monoisotopic (exact) mass is 256 g/mol. The average Bonchev–Trinajstić information content (AvgIpc) is 2.14. The first-order chi connectivity index (χ1) is 7.88. The van der Waals surface area contributed by atoms with E-state index in [2.05, 4.69) is 5.32 Å². The summed E-state index contributed by atoms with van der Waals surface area (Å²) in [4.78, 5) is 12.3. The minimum absolute atomic E-state index is 0.0622. The zero-order valence-corrected chi connectivity index (χ0v) is 11.0. The van der Waals surface area contributed by atoms with Crippen LogP contribution in [0.2, 0.25) is 0 Å². The predicted molar refractivity (Wildman–Crippen MR) is 69.4 cm³/mol. The average molecular weight is 256 g/mol. The molecule has 1 amide bonds. The van der Waals surface area contributed by atoms with Crippen LogP contribution in [0.3, 0.4) is 0 Å². The van der Waals surface area contributed by atoms with Crippen molar-refractivity contribution in [2.75, 3.05) is 5.73 Å². The first kappa shape index (κ1) is 13.8. The number of nitrogens with one attached hydrogen (secondary N) is 1. The molecule has 0 aromatic heterocycles. The molecule has 3 nitrogen and oxygen atoms in total. The van der Waals surface area contributed by atoms with Crippen molar-refractivity contribution in [3.63, 3.8) is 0 Å². The lowest BCUT2D eigenvalue weighted by atomic mass is 10.3. The molecule has 0 bridgehead atoms. The minimum Gasteiger partial charge on any atom is -0.399 e. The van der Waals surface area contributed by atoms with E-state index in [1.165, 1.54) is 23.9 Å². The highest BCUT2D eigenvalue weighted by Gasteiger charge is 2.15. The van der Waals surface area contributed by atoms with Gasteiger partial charge < -0.3 is 11.1 Å². The second-order valence-corrected chi connectivity index (χ2v) is 5.56. The van der Waals surface area contributed by atoms with E-state index in [1.54, 1.807) is 13.0 Å². The summed E-state index contributed by atoms with van der Waals surface area (Å²) in [6.07, 6.45) is 0. The van der Waals surface area contributed by atoms with Crippen LogP contribution in [0.25, 0.3) is 0 Å². The molecule has 17 heavy (non-hydrogen) atoms. The second-order valence-electron chi connectivity index (χ2n) is 4.14. The fourth-order valence-electron chi connectivity index (χ4n) is 1.31. The topological polar surface area (TPSA) is 55.1 Å². The molecule has 0 spiro atoms. The molecule has 3 N–H and O–H groups in total. The summed E-state index contributed by atoms with van der Waals surface area (Å²) < 4.78 is 13.1. The number of carbonyl (C=O) groups excluding carboxylic acids is 1. The molecule has 0 saturated carbocycles. The third kappa shape index (κ3) is 4.65. The van der Waals surface area contributed by atoms with E-state index < -0.39 is 0 Å². The SMILES string of the molecule is CC(C)NC(=O)C(C)Sc1cc(N)cc(F)c1. The molecule has 0 fully saturated rings. The van der Waals surface area contributed by atoms with Gasteiger partial charge in [-0.2, -0.15) is 0 Å². The fraction of sp³-hybridized carbons (Fsp3) is 0.417. The Morgan fingerprint density at radius 1 is 1.35 bits per heavy atom. The van der Waals surface area contributed by atoms with E-state index in [4.69, 9.17) is 5.73 Å². The van der Waals surface area contributed by atoms with Gasteiger partial charge >= 0.3 is 0 Å². The molecule has 0 radical (unpaired) electrons. The molecule has 1 aromatic rings. The Hall–Kier alpha value is -1.23. The van der Waals surface area contributed by atoms with E-state index in [0.29, 0.717) is 10.6 Å². The number of rotatable bonds is 4. The van der Waals surface area contributed by atoms with Crippen molar-refractivity contribution in [2.24, 2.45) is 0 Å². The van der Waals surface area contributed by atoms with Gasteiger partial charge in [0, 0.05) is 16.6 Å². The summed E-state index contributed by atoms with van der Waals surface area (Å²) in [6.45, 7) is 5.58. The normalized spacial score (nSPS) is 12.5. The Bertz CT molecular complexity index is 389. The Morgan fingerprint density at radius 3 is 2.53 bits per heavy atom. The number of hydrogen-bond donors (Lipinski definition) is 2. The van der Waals surface area contributed by atoms with Gasteiger partial charge in [0.15, 0.2) is 0 Å². The van der Waals surface area contributed by atoms with Gasteiger partial charge in [-0.05, 0) is 39.0 Å². The van der Waals surface area contributed by atoms with Gasteiger partial charge in [-0.1, -0.05) is 0 Å². The molecular formula is C12H17FN2OS. The highest BCUT2D eigenvalue weighted by molar-refractivity contribution is 8.00. The van der Waals surface area contributed by atoms with Gasteiger partial charge in [0.2, 0.25) is 5.91 Å². The molecule has 0 aliphatic carbocycles. The Morgan fingerprint density at radius 2 is 2.00 bits per heavy atom. The van der Waals surface area contributed by atoms with Gasteiger partial charge in [0.05, 0.1) is 5.25 Å². The van der Waals surface area contributed by atoms with Crippen molar-refractivity contribution in [3.8, 4) is 0 Å². The number of anilines is 1. The lowest BCUT2D eigenvalue weighted by Crippen LogP contribution is -2.35. The summed E-state index contributed by atoms with van der Waals surface area (Å²) in [6, 6.07) is 4.39. The Balaban J connectivity index is 2.67. The maximum Gasteiger partial charge on any atom is 0.233 e. The zero-order chi connectivity index (χ0) is 13.0. The Kier molecular flexibility index (Phi) is 4.81. The van der Waals surface area contributed by atoms with Crippen LogP contribution in [0.15, 0.2) is 23.1 Å². The van der Waals surface area contributed by atoms with Gasteiger partial charge in [-0.15, -0.1) is 11.8 Å². The quantitative estimate of drug-likeness (QED) is 0.642. The molecule has 1 atom stereocenters. The number of carbonyl (C=O) groups is 1. The van der Waals surface area contributed by atoms with Crippen molar-refractivity contribution in [2.45, 2.75) is 37.0 Å². The Labute approximate surface area is 105 Å². The summed E-state index contributed by atoms with van der Waals surface area (Å²) in [5.74, 6) is -0.447. The van der Waals surface area contributed by atoms with Crippen LogP contribution in [0.1, 0.15) is 20.8 Å². The zero-order valence-electron chi connectivity index (χ0n) is 10.2. The summed E-state index contributed by atoms with van der Waals surface area (Å²) in [7, 11) is 0. The summed E-state index contributed by atoms with van der Waals surface area (Å²) in [5, 5.41) is 2.53. The first-order valence-corrected chi connectivity index (χ1v) is 6.29. The number of nitrogen functional groups attached to an aromatic ring is 1. The number of nitrogens with two attached hydrogens (primary N) is 1. The first-order valence-electron chi connectivity index (χ1n) is 5.41. The predicted octanol–water partition coefficient (Wildman–Crippen LogP) is 2.41. The molecule has 1 rings (SSSR count). The number of amides is 1. The van der Waals surface area contributed by atoms with Gasteiger partial charge in [-0.3, -0.25) is 4.79 Å². The number of halogens is 1. The van der Waals surface area contributed by atoms with Gasteiger partial charge in [0.1, 0.15) is 5.82 Å². The molecular weight excluding hydrogens is 239 g/mol. The second kappa shape index (κ2) is 5.91. The van der Waals surface area contributed by atoms with E-state index in [9.17, 15) is 9.18 Å². The van der Waals surface area contributed by atoms with E-state index in [0.717, 1.165) is 0 Å². The van der Waals surface area contributed by atoms with Crippen molar-refractivity contribution in [1.29, 1.82) is 0 Å². The van der Waals surface area contributed by atoms with Crippen LogP contribution >= 0.6 is 11.8 Å². The largest absolute Gasteiger partial charge is 0.399 e. The van der Waals surface area contributed by atoms with Crippen LogP contribution in [-0.4, -0.2) is 17.2 Å². The van der Waals surface area contributed by atoms with Crippen LogP contribution in [0.4, 0.5) is 10.1 Å². The maximum absolute atomic E-state index is 13.1. The van der Waals surface area contributed by atoms with E-state index in [-0.39, 0.29) is 23.0 Å². The van der Waals surface area contributed by atoms with Crippen LogP contribution < -0.4 is 11.1 Å². The molecule has 0 aliphatic rings. The molecule has 1 aromatic carbocycles. The van der Waals surface area contributed by atoms with Crippen molar-refractivity contribution in [3.05, 3.63) is 24.0 Å². The molecule has 5 heteroatoms. The van der Waals surface area contributed by atoms with Crippen LogP contribution in [0, 0.1) is 5.82 Å². The van der Waals surface area contributed by atoms with Crippen molar-refractivity contribution < 1.29 is 9.18 Å². The van der Waals surface area contributed by atoms with Crippen molar-refractivity contribution >= 4 is 23.4 Å². The highest BCUT2D eigenvalue weighted by Crippen LogP contribution is 2.26. The van der Waals surface area contributed by atoms with Gasteiger partial charge in [-0.25, -0.2) is 4.39 Å². The van der Waals surface area contributed by atoms with Crippen LogP contribution in [0.5, 0.6) is 0 Å². The van der Waals surface area contributed by atoms with Crippen molar-refractivity contribution in [1.82, 2.24) is 5.32 Å². The fourth-order valence-corrected chi connectivity index (χ4v) is 2.28. The van der Waals surface area contributed by atoms with E-state index >= 15 is 0 Å². The standard InChI is InChI=1S/C12H17FN2OS/c1-7(2)15-12(16)8(3)17-11-5-9(13)4-10(14)6-11/h4-8H,14H2,1-3H3,(H,15,16). The number of thioether (sulfide) groups is 1. The number of hydrogen-bond acceptors (Lipinski definition) is 3. The lowest BCUT2D eigenvalue weighted by Gasteiger charge is -2.14. The molecule has 0 aliphatic heterocycles. The third-order valence-corrected chi connectivity index (χ3v) is 3.08. The van der Waals surface area contributed by atoms with E-state index in [1.807, 2.05) is 13.8 Å². The third-order valence-electron chi connectivity index (χ3n) is 2.01. The van der Waals surface area contributed by atoms with Crippen LogP contribution in [-0.2, 0) is 4.79 Å². The van der Waals surface area contributed by atoms with Gasteiger partial charge in [0.25, 0.3) is 0 Å². The molecule has 0 heterocycles. The summed E-state index contributed by atoms with van der Waals surface area (Å²) >= 11 is 1.29. The molecule has 94 valence electrons. The lowest BCUT2D eigenvalue weighted by molar-refractivity contribution is -0.120. The highest BCUT2D eigenvalue weighted by atomic mass is 32.2. The molecule has 1 unspecified atom stereocenters. The number of benzene rings is 1. The minimum atomic E-state index is -0.385.